The second-order valence-electron chi connectivity index (χ2n) is 12.9. The second kappa shape index (κ2) is 12.6. The third kappa shape index (κ3) is 6.67. The average Bonchev–Trinajstić information content (AvgIpc) is 2.89. The fraction of sp³-hybridized carbons (Fsp3) is 0.606. The van der Waals surface area contributed by atoms with Gasteiger partial charge in [-0.15, -0.1) is 0 Å². The quantitative estimate of drug-likeness (QED) is 0.239. The summed E-state index contributed by atoms with van der Waals surface area (Å²) in [5.41, 5.74) is 0. The number of hydrogen-bond donors (Lipinski definition) is 0. The molecule has 0 aromatic heterocycles. The third-order valence-corrected chi connectivity index (χ3v) is 13.4. The van der Waals surface area contributed by atoms with Crippen LogP contribution in [-0.2, 0) is 18.7 Å². The maximum atomic E-state index is 11.6. The van der Waals surface area contributed by atoms with Gasteiger partial charge in [-0.1, -0.05) is 116 Å². The summed E-state index contributed by atoms with van der Waals surface area (Å²) in [6.45, 7) is 20.3. The zero-order valence-electron chi connectivity index (χ0n) is 25.1. The molecule has 5 heteroatoms. The molecule has 0 aliphatic carbocycles. The highest BCUT2D eigenvalue weighted by Gasteiger charge is 2.50. The van der Waals surface area contributed by atoms with Gasteiger partial charge in [0.1, 0.15) is 6.29 Å². The number of aldehydes is 1. The van der Waals surface area contributed by atoms with Gasteiger partial charge in [-0.2, -0.15) is 0 Å². The van der Waals surface area contributed by atoms with Gasteiger partial charge in [0.2, 0.25) is 0 Å². The molecule has 0 N–H and O–H groups in total. The largest absolute Gasteiger partial charge is 0.407 e. The highest BCUT2D eigenvalue weighted by Crippen LogP contribution is 2.40. The molecule has 210 valence electrons. The lowest BCUT2D eigenvalue weighted by atomic mass is 9.79. The smallest absolute Gasteiger partial charge is 0.261 e. The Morgan fingerprint density at radius 2 is 1.45 bits per heavy atom. The monoisotopic (exact) mass is 538 g/mol. The Balaban J connectivity index is 1.86. The van der Waals surface area contributed by atoms with E-state index in [0.29, 0.717) is 18.4 Å². The predicted molar refractivity (Wildman–Crippen MR) is 159 cm³/mol. The first-order valence-corrected chi connectivity index (χ1v) is 16.3. The summed E-state index contributed by atoms with van der Waals surface area (Å²) in [6, 6.07) is 21.7. The summed E-state index contributed by atoms with van der Waals surface area (Å²) in [5, 5.41) is 2.59. The van der Waals surface area contributed by atoms with Crippen molar-refractivity contribution in [3.63, 3.8) is 0 Å². The Kier molecular flexibility index (Phi) is 10.2. The summed E-state index contributed by atoms with van der Waals surface area (Å²) in [5.74, 6) is -0.0326. The van der Waals surface area contributed by atoms with E-state index in [2.05, 4.69) is 102 Å². The molecule has 0 spiro atoms. The van der Waals surface area contributed by atoms with Gasteiger partial charge in [-0.3, -0.25) is 0 Å². The predicted octanol–water partition coefficient (Wildman–Crippen LogP) is 6.61. The van der Waals surface area contributed by atoms with Crippen LogP contribution in [0, 0.1) is 23.7 Å². The van der Waals surface area contributed by atoms with Crippen molar-refractivity contribution in [1.82, 2.24) is 0 Å². The van der Waals surface area contributed by atoms with Gasteiger partial charge < -0.3 is 18.7 Å². The van der Waals surface area contributed by atoms with Crippen molar-refractivity contribution in [2.45, 2.75) is 98.2 Å². The lowest BCUT2D eigenvalue weighted by molar-refractivity contribution is -0.332. The molecule has 2 aromatic rings. The van der Waals surface area contributed by atoms with Crippen molar-refractivity contribution in [1.29, 1.82) is 0 Å². The second-order valence-corrected chi connectivity index (χ2v) is 17.2. The molecular formula is C33H50O4Si. The minimum atomic E-state index is -2.58. The zero-order chi connectivity index (χ0) is 28.1. The van der Waals surface area contributed by atoms with Crippen molar-refractivity contribution in [3.8, 4) is 0 Å². The van der Waals surface area contributed by atoms with Gasteiger partial charge in [0.05, 0.1) is 12.2 Å². The van der Waals surface area contributed by atoms with E-state index in [-0.39, 0.29) is 29.1 Å². The lowest BCUT2D eigenvalue weighted by Crippen LogP contribution is -2.67. The molecule has 4 nitrogen and oxygen atoms in total. The third-order valence-electron chi connectivity index (χ3n) is 8.40. The molecule has 38 heavy (non-hydrogen) atoms. The lowest BCUT2D eigenvalue weighted by Gasteiger charge is -2.48. The van der Waals surface area contributed by atoms with Crippen LogP contribution in [0.5, 0.6) is 0 Å². The number of rotatable bonds is 11. The molecule has 0 amide bonds. The van der Waals surface area contributed by atoms with Crippen LogP contribution in [0.4, 0.5) is 0 Å². The van der Waals surface area contributed by atoms with Crippen molar-refractivity contribution in [3.05, 3.63) is 60.7 Å². The summed E-state index contributed by atoms with van der Waals surface area (Å²) in [7, 11) is -2.58. The maximum Gasteiger partial charge on any atom is 0.261 e. The van der Waals surface area contributed by atoms with E-state index in [9.17, 15) is 4.79 Å². The number of carbonyl (C=O) groups is 1. The molecule has 1 fully saturated rings. The SMILES string of the molecule is CC[C@H](CO[Si](c1ccccc1)(c1ccccc1)C(C)(C)C)C[C@H](C)[C@@H]1OC(C)(C)O[C@@H]([C@@H](C)C=O)[C@@H]1C. The van der Waals surface area contributed by atoms with Crippen LogP contribution in [0.3, 0.4) is 0 Å². The molecule has 0 saturated carbocycles. The molecule has 1 aliphatic heterocycles. The molecule has 1 heterocycles. The first-order valence-electron chi connectivity index (χ1n) is 14.4. The number of hydrogen-bond acceptors (Lipinski definition) is 4. The molecule has 6 atom stereocenters. The Morgan fingerprint density at radius 3 is 1.89 bits per heavy atom. The van der Waals surface area contributed by atoms with E-state index in [1.165, 1.54) is 10.4 Å². The number of carbonyl (C=O) groups excluding carboxylic acids is 1. The maximum absolute atomic E-state index is 11.6. The molecular weight excluding hydrogens is 488 g/mol. The van der Waals surface area contributed by atoms with E-state index in [1.807, 2.05) is 20.8 Å². The minimum Gasteiger partial charge on any atom is -0.407 e. The van der Waals surface area contributed by atoms with Crippen LogP contribution in [0.15, 0.2) is 60.7 Å². The van der Waals surface area contributed by atoms with Gasteiger partial charge in [0.15, 0.2) is 5.79 Å². The van der Waals surface area contributed by atoms with Crippen molar-refractivity contribution in [2.75, 3.05) is 6.61 Å². The number of benzene rings is 2. The molecule has 0 unspecified atom stereocenters. The Morgan fingerprint density at radius 1 is 0.947 bits per heavy atom. The van der Waals surface area contributed by atoms with Crippen LogP contribution in [0.25, 0.3) is 0 Å². The Labute approximate surface area is 232 Å². The standard InChI is InChI=1S/C33H50O4Si/c1-10-27(21-24(2)30-26(4)31(25(3)22-34)37-33(8,9)36-30)23-35-38(32(5,6)7,28-17-13-11-14-18-28)29-19-15-12-16-20-29/h11-20,22,24-27,30-31H,10,21,23H2,1-9H3/t24-,25-,26+,27-,30-,31-/m0/s1. The van der Waals surface area contributed by atoms with Crippen molar-refractivity contribution in [2.24, 2.45) is 23.7 Å². The summed E-state index contributed by atoms with van der Waals surface area (Å²) in [4.78, 5) is 11.6. The van der Waals surface area contributed by atoms with Crippen LogP contribution in [0.2, 0.25) is 5.04 Å². The van der Waals surface area contributed by atoms with E-state index in [4.69, 9.17) is 13.9 Å². The van der Waals surface area contributed by atoms with E-state index < -0.39 is 14.1 Å². The van der Waals surface area contributed by atoms with Crippen LogP contribution in [0.1, 0.15) is 75.2 Å². The Hall–Kier alpha value is -1.79. The first-order chi connectivity index (χ1) is 17.9. The summed E-state index contributed by atoms with van der Waals surface area (Å²) < 4.78 is 20.0. The highest BCUT2D eigenvalue weighted by molar-refractivity contribution is 6.99. The summed E-state index contributed by atoms with van der Waals surface area (Å²) >= 11 is 0. The molecule has 1 aliphatic rings. The normalized spacial score (nSPS) is 24.4. The first kappa shape index (κ1) is 30.7. The van der Waals surface area contributed by atoms with Gasteiger partial charge in [-0.25, -0.2) is 0 Å². The van der Waals surface area contributed by atoms with Crippen molar-refractivity contribution < 1.29 is 18.7 Å². The average molecular weight is 539 g/mol. The molecule has 2 aromatic carbocycles. The van der Waals surface area contributed by atoms with Crippen LogP contribution in [-0.4, -0.2) is 39.2 Å². The van der Waals surface area contributed by atoms with Crippen LogP contribution >= 0.6 is 0 Å². The van der Waals surface area contributed by atoms with Crippen molar-refractivity contribution >= 4 is 25.0 Å². The number of ether oxygens (including phenoxy) is 2. The Bertz CT molecular complexity index is 961. The topological polar surface area (TPSA) is 44.8 Å². The van der Waals surface area contributed by atoms with Crippen LogP contribution < -0.4 is 10.4 Å². The van der Waals surface area contributed by atoms with Gasteiger partial charge in [0, 0.05) is 18.4 Å². The molecule has 3 rings (SSSR count). The molecule has 1 saturated heterocycles. The fourth-order valence-corrected chi connectivity index (χ4v) is 11.0. The summed E-state index contributed by atoms with van der Waals surface area (Å²) in [6.07, 6.45) is 2.93. The van der Waals surface area contributed by atoms with E-state index in [0.717, 1.165) is 19.1 Å². The highest BCUT2D eigenvalue weighted by atomic mass is 28.4. The van der Waals surface area contributed by atoms with Gasteiger partial charge >= 0.3 is 0 Å². The zero-order valence-corrected chi connectivity index (χ0v) is 26.1. The van der Waals surface area contributed by atoms with E-state index >= 15 is 0 Å². The fourth-order valence-electron chi connectivity index (χ4n) is 6.40. The minimum absolute atomic E-state index is 0.0214. The van der Waals surface area contributed by atoms with E-state index in [1.54, 1.807) is 0 Å². The molecule has 0 bridgehead atoms. The van der Waals surface area contributed by atoms with Gasteiger partial charge in [-0.05, 0) is 47.5 Å². The van der Waals surface area contributed by atoms with Gasteiger partial charge in [0.25, 0.3) is 8.32 Å². The molecule has 0 radical (unpaired) electrons.